The molecule has 9 heteroatoms. The highest BCUT2D eigenvalue weighted by atomic mass is 16.3. The van der Waals surface area contributed by atoms with E-state index in [0.717, 1.165) is 37.5 Å². The maximum atomic E-state index is 12.4. The van der Waals surface area contributed by atoms with E-state index >= 15 is 0 Å². The number of amides is 2. The molecule has 28 heavy (non-hydrogen) atoms. The first kappa shape index (κ1) is 18.6. The van der Waals surface area contributed by atoms with Gasteiger partial charge in [0.05, 0.1) is 0 Å². The van der Waals surface area contributed by atoms with Crippen molar-refractivity contribution in [3.63, 3.8) is 0 Å². The summed E-state index contributed by atoms with van der Waals surface area (Å²) >= 11 is 0. The SMILES string of the molecule is CC(C)C(=O)N1CCc2nnc(C3CCN(C(=O)c4cocn4)CC3)n2CC1. The number of piperidine rings is 1. The van der Waals surface area contributed by atoms with Gasteiger partial charge in [-0.2, -0.15) is 0 Å². The van der Waals surface area contributed by atoms with Gasteiger partial charge >= 0.3 is 0 Å². The number of hydrogen-bond donors (Lipinski definition) is 0. The van der Waals surface area contributed by atoms with Crippen LogP contribution in [0, 0.1) is 5.92 Å². The van der Waals surface area contributed by atoms with Crippen LogP contribution < -0.4 is 0 Å². The Balaban J connectivity index is 1.41. The maximum Gasteiger partial charge on any atom is 0.275 e. The molecule has 150 valence electrons. The second kappa shape index (κ2) is 7.73. The topological polar surface area (TPSA) is 97.4 Å². The minimum absolute atomic E-state index is 0.00889. The zero-order chi connectivity index (χ0) is 19.7. The summed E-state index contributed by atoms with van der Waals surface area (Å²) in [7, 11) is 0. The van der Waals surface area contributed by atoms with Crippen molar-refractivity contribution in [2.75, 3.05) is 26.2 Å². The number of likely N-dealkylation sites (tertiary alicyclic amines) is 1. The van der Waals surface area contributed by atoms with Crippen LogP contribution in [0.1, 0.15) is 54.7 Å². The molecule has 0 N–H and O–H groups in total. The number of carbonyl (C=O) groups excluding carboxylic acids is 2. The number of aromatic nitrogens is 4. The normalized spacial score (nSPS) is 18.2. The fraction of sp³-hybridized carbons (Fsp3) is 0.632. The molecule has 2 aliphatic heterocycles. The minimum atomic E-state index is -0.0879. The van der Waals surface area contributed by atoms with Crippen molar-refractivity contribution >= 4 is 11.8 Å². The van der Waals surface area contributed by atoms with E-state index in [9.17, 15) is 9.59 Å². The number of oxazole rings is 1. The van der Waals surface area contributed by atoms with Crippen molar-refractivity contribution in [1.29, 1.82) is 0 Å². The van der Waals surface area contributed by atoms with E-state index in [2.05, 4.69) is 19.7 Å². The van der Waals surface area contributed by atoms with E-state index in [0.29, 0.717) is 31.9 Å². The Kier molecular flexibility index (Phi) is 5.15. The van der Waals surface area contributed by atoms with E-state index in [1.807, 2.05) is 23.6 Å². The van der Waals surface area contributed by atoms with Crippen LogP contribution >= 0.6 is 0 Å². The predicted octanol–water partition coefficient (Wildman–Crippen LogP) is 1.33. The maximum absolute atomic E-state index is 12.4. The summed E-state index contributed by atoms with van der Waals surface area (Å²) < 4.78 is 7.10. The van der Waals surface area contributed by atoms with Gasteiger partial charge in [-0.15, -0.1) is 10.2 Å². The quantitative estimate of drug-likeness (QED) is 0.789. The molecule has 0 radical (unpaired) electrons. The molecule has 4 heterocycles. The average molecular weight is 386 g/mol. The van der Waals surface area contributed by atoms with Gasteiger partial charge in [-0.25, -0.2) is 4.98 Å². The highest BCUT2D eigenvalue weighted by Gasteiger charge is 2.30. The third kappa shape index (κ3) is 3.53. The summed E-state index contributed by atoms with van der Waals surface area (Å²) in [5.41, 5.74) is 0.352. The van der Waals surface area contributed by atoms with Crippen molar-refractivity contribution in [3.8, 4) is 0 Å². The predicted molar refractivity (Wildman–Crippen MR) is 99.5 cm³/mol. The number of hydrogen-bond acceptors (Lipinski definition) is 6. The van der Waals surface area contributed by atoms with Gasteiger partial charge in [-0.3, -0.25) is 9.59 Å². The van der Waals surface area contributed by atoms with Gasteiger partial charge in [0, 0.05) is 51.0 Å². The average Bonchev–Trinajstić information content (AvgIpc) is 3.33. The number of nitrogens with zero attached hydrogens (tertiary/aromatic N) is 6. The summed E-state index contributed by atoms with van der Waals surface area (Å²) in [5.74, 6) is 2.33. The van der Waals surface area contributed by atoms with Gasteiger partial charge in [-0.05, 0) is 12.8 Å². The van der Waals surface area contributed by atoms with Crippen LogP contribution in [-0.2, 0) is 17.8 Å². The molecule has 0 bridgehead atoms. The highest BCUT2D eigenvalue weighted by molar-refractivity contribution is 5.91. The fourth-order valence-electron chi connectivity index (χ4n) is 4.05. The zero-order valence-corrected chi connectivity index (χ0v) is 16.4. The summed E-state index contributed by atoms with van der Waals surface area (Å²) in [5, 5.41) is 8.86. The Labute approximate surface area is 163 Å². The molecule has 2 amide bonds. The number of fused-ring (bicyclic) bond motifs is 1. The molecule has 0 aromatic carbocycles. The molecule has 0 saturated carbocycles. The summed E-state index contributed by atoms with van der Waals surface area (Å²) in [6.07, 6.45) is 5.08. The molecule has 1 fully saturated rings. The first-order valence-corrected chi connectivity index (χ1v) is 9.93. The molecular formula is C19H26N6O3. The first-order chi connectivity index (χ1) is 13.5. The number of carbonyl (C=O) groups is 2. The Hall–Kier alpha value is -2.71. The van der Waals surface area contributed by atoms with Crippen LogP contribution in [0.15, 0.2) is 17.1 Å². The molecule has 1 saturated heterocycles. The van der Waals surface area contributed by atoms with Gasteiger partial charge in [-0.1, -0.05) is 13.8 Å². The van der Waals surface area contributed by atoms with Crippen molar-refractivity contribution < 1.29 is 14.0 Å². The molecule has 9 nitrogen and oxygen atoms in total. The van der Waals surface area contributed by atoms with E-state index in [1.54, 1.807) is 0 Å². The molecule has 2 aliphatic rings. The fourth-order valence-corrected chi connectivity index (χ4v) is 4.05. The van der Waals surface area contributed by atoms with Crippen LogP contribution in [0.3, 0.4) is 0 Å². The third-order valence-electron chi connectivity index (χ3n) is 5.66. The lowest BCUT2D eigenvalue weighted by Gasteiger charge is -2.31. The second-order valence-electron chi connectivity index (χ2n) is 7.80. The Bertz CT molecular complexity index is 836. The summed E-state index contributed by atoms with van der Waals surface area (Å²) in [4.78, 5) is 32.5. The Morgan fingerprint density at radius 1 is 1.07 bits per heavy atom. The van der Waals surface area contributed by atoms with Gasteiger partial charge < -0.3 is 18.8 Å². The lowest BCUT2D eigenvalue weighted by atomic mass is 9.95. The van der Waals surface area contributed by atoms with Crippen LogP contribution in [0.2, 0.25) is 0 Å². The van der Waals surface area contributed by atoms with Crippen LogP contribution in [-0.4, -0.2) is 67.5 Å². The van der Waals surface area contributed by atoms with Crippen molar-refractivity contribution in [2.45, 2.75) is 45.6 Å². The van der Waals surface area contributed by atoms with Crippen molar-refractivity contribution in [1.82, 2.24) is 29.5 Å². The molecule has 0 aliphatic carbocycles. The minimum Gasteiger partial charge on any atom is -0.451 e. The summed E-state index contributed by atoms with van der Waals surface area (Å²) in [6, 6.07) is 0. The van der Waals surface area contributed by atoms with Crippen LogP contribution in [0.25, 0.3) is 0 Å². The lowest BCUT2D eigenvalue weighted by Crippen LogP contribution is -2.39. The smallest absolute Gasteiger partial charge is 0.275 e. The number of rotatable bonds is 3. The third-order valence-corrected chi connectivity index (χ3v) is 5.66. The largest absolute Gasteiger partial charge is 0.451 e. The zero-order valence-electron chi connectivity index (χ0n) is 16.4. The molecule has 4 rings (SSSR count). The van der Waals surface area contributed by atoms with Crippen molar-refractivity contribution in [3.05, 3.63) is 30.0 Å². The highest BCUT2D eigenvalue weighted by Crippen LogP contribution is 2.28. The van der Waals surface area contributed by atoms with E-state index in [4.69, 9.17) is 4.42 Å². The van der Waals surface area contributed by atoms with E-state index < -0.39 is 0 Å². The van der Waals surface area contributed by atoms with E-state index in [-0.39, 0.29) is 23.7 Å². The monoisotopic (exact) mass is 386 g/mol. The summed E-state index contributed by atoms with van der Waals surface area (Å²) in [6.45, 7) is 7.32. The van der Waals surface area contributed by atoms with Gasteiger partial charge in [0.25, 0.3) is 5.91 Å². The molecule has 0 atom stereocenters. The standard InChI is InChI=1S/C19H26N6O3/c1-13(2)18(26)24-8-5-16-21-22-17(25(16)10-9-24)14-3-6-23(7-4-14)19(27)15-11-28-12-20-15/h11-14H,3-10H2,1-2H3. The van der Waals surface area contributed by atoms with Gasteiger partial charge in [0.1, 0.15) is 17.9 Å². The van der Waals surface area contributed by atoms with Crippen molar-refractivity contribution in [2.24, 2.45) is 5.92 Å². The molecule has 0 unspecified atom stereocenters. The molecule has 2 aromatic heterocycles. The molecular weight excluding hydrogens is 360 g/mol. The van der Waals surface area contributed by atoms with E-state index in [1.165, 1.54) is 12.7 Å². The Morgan fingerprint density at radius 3 is 2.54 bits per heavy atom. The Morgan fingerprint density at radius 2 is 1.86 bits per heavy atom. The first-order valence-electron chi connectivity index (χ1n) is 9.93. The second-order valence-corrected chi connectivity index (χ2v) is 7.80. The van der Waals surface area contributed by atoms with Gasteiger partial charge in [0.15, 0.2) is 12.1 Å². The van der Waals surface area contributed by atoms with Gasteiger partial charge in [0.2, 0.25) is 5.91 Å². The molecule has 0 spiro atoms. The van der Waals surface area contributed by atoms with Crippen LogP contribution in [0.4, 0.5) is 0 Å². The molecule has 2 aromatic rings. The van der Waals surface area contributed by atoms with Crippen LogP contribution in [0.5, 0.6) is 0 Å². The lowest BCUT2D eigenvalue weighted by molar-refractivity contribution is -0.134.